The molecule has 4 aliphatic rings. The molecule has 2 aromatic rings. The second-order valence-electron chi connectivity index (χ2n) is 10.8. The number of anilines is 1. The Balaban J connectivity index is 0.931. The molecule has 0 radical (unpaired) electrons. The van der Waals surface area contributed by atoms with Gasteiger partial charge in [0, 0.05) is 49.1 Å². The number of piperidine rings is 1. The summed E-state index contributed by atoms with van der Waals surface area (Å²) in [6.07, 6.45) is 5.38. The molecule has 6 rings (SSSR count). The number of hydrogen-bond acceptors (Lipinski definition) is 8. The number of carbonyl (C=O) groups is 1. The molecule has 1 unspecified atom stereocenters. The van der Waals surface area contributed by atoms with Crippen molar-refractivity contribution < 1.29 is 18.8 Å². The number of methoxy groups -OCH3 is 1. The maximum absolute atomic E-state index is 12.8. The van der Waals surface area contributed by atoms with Crippen molar-refractivity contribution in [3.8, 4) is 17.1 Å². The van der Waals surface area contributed by atoms with Crippen LogP contribution in [0, 0.1) is 17.3 Å². The van der Waals surface area contributed by atoms with E-state index in [2.05, 4.69) is 25.3 Å². The first-order valence-electron chi connectivity index (χ1n) is 12.9. The van der Waals surface area contributed by atoms with E-state index in [1.165, 1.54) is 25.8 Å². The van der Waals surface area contributed by atoms with Crippen molar-refractivity contribution in [3.05, 3.63) is 24.3 Å². The lowest BCUT2D eigenvalue weighted by atomic mass is 9.63. The SMILES string of the molecule is COc1ccc(-c2noc(N3CCC(C(=O)NCC4CCN(C5CC6(COC6)C5)C4)CC3)n2)cc1. The number of rotatable bonds is 7. The molecule has 4 heterocycles. The monoisotopic (exact) mass is 481 g/mol. The molecule has 1 aliphatic carbocycles. The van der Waals surface area contributed by atoms with Gasteiger partial charge < -0.3 is 24.2 Å². The molecule has 9 heteroatoms. The van der Waals surface area contributed by atoms with Crippen LogP contribution < -0.4 is 15.0 Å². The molecule has 0 bridgehead atoms. The van der Waals surface area contributed by atoms with Crippen LogP contribution >= 0.6 is 0 Å². The van der Waals surface area contributed by atoms with Crippen molar-refractivity contribution in [2.75, 3.05) is 57.9 Å². The largest absolute Gasteiger partial charge is 0.497 e. The van der Waals surface area contributed by atoms with Crippen LogP contribution in [0.15, 0.2) is 28.8 Å². The van der Waals surface area contributed by atoms with Crippen LogP contribution in [0.5, 0.6) is 5.75 Å². The van der Waals surface area contributed by atoms with Crippen molar-refractivity contribution >= 4 is 11.9 Å². The van der Waals surface area contributed by atoms with E-state index in [0.29, 0.717) is 23.2 Å². The normalized spacial score (nSPS) is 24.8. The highest BCUT2D eigenvalue weighted by Crippen LogP contribution is 2.49. The van der Waals surface area contributed by atoms with Gasteiger partial charge >= 0.3 is 6.01 Å². The standard InChI is InChI=1S/C26H35N5O4/c1-33-22-4-2-19(3-5-22)23-28-25(35-29-23)30-10-7-20(8-11-30)24(32)27-14-18-6-9-31(15-18)21-12-26(13-21)16-34-17-26/h2-5,18,20-21H,6-17H2,1H3,(H,27,32). The van der Waals surface area contributed by atoms with Gasteiger partial charge in [0.15, 0.2) is 0 Å². The fraction of sp³-hybridized carbons (Fsp3) is 0.654. The van der Waals surface area contributed by atoms with Gasteiger partial charge in [-0.25, -0.2) is 0 Å². The van der Waals surface area contributed by atoms with E-state index in [1.807, 2.05) is 24.3 Å². The first-order valence-corrected chi connectivity index (χ1v) is 12.9. The third kappa shape index (κ3) is 4.63. The minimum atomic E-state index is 0.0536. The van der Waals surface area contributed by atoms with E-state index < -0.39 is 0 Å². The lowest BCUT2D eigenvalue weighted by molar-refractivity contribution is -0.182. The molecule has 3 aliphatic heterocycles. The average Bonchev–Trinajstić information content (AvgIpc) is 3.51. The minimum absolute atomic E-state index is 0.0536. The summed E-state index contributed by atoms with van der Waals surface area (Å²) in [6, 6.07) is 8.85. The maximum atomic E-state index is 12.8. The lowest BCUT2D eigenvalue weighted by Crippen LogP contribution is -2.59. The zero-order chi connectivity index (χ0) is 23.8. The molecule has 35 heavy (non-hydrogen) atoms. The number of carbonyl (C=O) groups excluding carboxylic acids is 1. The number of amides is 1. The van der Waals surface area contributed by atoms with E-state index in [-0.39, 0.29) is 11.8 Å². The minimum Gasteiger partial charge on any atom is -0.497 e. The van der Waals surface area contributed by atoms with Crippen LogP contribution in [0.1, 0.15) is 32.1 Å². The van der Waals surface area contributed by atoms with Gasteiger partial charge in [-0.2, -0.15) is 4.98 Å². The van der Waals surface area contributed by atoms with Crippen LogP contribution in [-0.4, -0.2) is 80.0 Å². The Morgan fingerprint density at radius 3 is 2.60 bits per heavy atom. The molecule has 1 N–H and O–H groups in total. The molecular formula is C26H35N5O4. The molecule has 1 aromatic heterocycles. The molecule has 9 nitrogen and oxygen atoms in total. The second kappa shape index (κ2) is 9.43. The van der Waals surface area contributed by atoms with Crippen molar-refractivity contribution in [1.82, 2.24) is 20.4 Å². The molecule has 188 valence electrons. The summed E-state index contributed by atoms with van der Waals surface area (Å²) >= 11 is 0. The van der Waals surface area contributed by atoms with E-state index >= 15 is 0 Å². The van der Waals surface area contributed by atoms with Crippen LogP contribution in [0.3, 0.4) is 0 Å². The molecule has 4 fully saturated rings. The molecule has 1 spiro atoms. The zero-order valence-corrected chi connectivity index (χ0v) is 20.4. The summed E-state index contributed by atoms with van der Waals surface area (Å²) in [5.41, 5.74) is 1.40. The predicted octanol–water partition coefficient (Wildman–Crippen LogP) is 2.58. The van der Waals surface area contributed by atoms with E-state index in [4.69, 9.17) is 14.0 Å². The van der Waals surface area contributed by atoms with Crippen molar-refractivity contribution in [2.45, 2.75) is 38.1 Å². The maximum Gasteiger partial charge on any atom is 0.324 e. The van der Waals surface area contributed by atoms with Crippen molar-refractivity contribution in [3.63, 3.8) is 0 Å². The fourth-order valence-corrected chi connectivity index (χ4v) is 6.11. The highest BCUT2D eigenvalue weighted by molar-refractivity contribution is 5.79. The Morgan fingerprint density at radius 1 is 1.14 bits per heavy atom. The molecule has 1 saturated carbocycles. The predicted molar refractivity (Wildman–Crippen MR) is 130 cm³/mol. The smallest absolute Gasteiger partial charge is 0.324 e. The van der Waals surface area contributed by atoms with E-state index in [9.17, 15) is 4.79 Å². The number of likely N-dealkylation sites (tertiary alicyclic amines) is 1. The van der Waals surface area contributed by atoms with E-state index in [0.717, 1.165) is 69.6 Å². The van der Waals surface area contributed by atoms with Gasteiger partial charge in [0.05, 0.1) is 20.3 Å². The quantitative estimate of drug-likeness (QED) is 0.645. The van der Waals surface area contributed by atoms with Gasteiger partial charge in [-0.3, -0.25) is 9.69 Å². The number of nitrogens with zero attached hydrogens (tertiary/aromatic N) is 4. The second-order valence-corrected chi connectivity index (χ2v) is 10.8. The summed E-state index contributed by atoms with van der Waals surface area (Å²) < 4.78 is 16.1. The van der Waals surface area contributed by atoms with Gasteiger partial charge in [-0.15, -0.1) is 0 Å². The summed E-state index contributed by atoms with van der Waals surface area (Å²) in [6.45, 7) is 6.50. The van der Waals surface area contributed by atoms with Crippen LogP contribution in [0.4, 0.5) is 6.01 Å². The molecule has 1 atom stereocenters. The molecule has 1 aromatic carbocycles. The third-order valence-electron chi connectivity index (χ3n) is 8.45. The zero-order valence-electron chi connectivity index (χ0n) is 20.4. The fourth-order valence-electron chi connectivity index (χ4n) is 6.11. The molecule has 3 saturated heterocycles. The number of nitrogens with one attached hydrogen (secondary N) is 1. The third-order valence-corrected chi connectivity index (χ3v) is 8.45. The Hall–Kier alpha value is -2.65. The average molecular weight is 482 g/mol. The Bertz CT molecular complexity index is 1020. The number of hydrogen-bond donors (Lipinski definition) is 1. The van der Waals surface area contributed by atoms with Crippen LogP contribution in [0.25, 0.3) is 11.4 Å². The summed E-state index contributed by atoms with van der Waals surface area (Å²) in [5, 5.41) is 7.38. The highest BCUT2D eigenvalue weighted by Gasteiger charge is 2.52. The van der Waals surface area contributed by atoms with Crippen LogP contribution in [0.2, 0.25) is 0 Å². The Labute approximate surface area is 206 Å². The number of ether oxygens (including phenoxy) is 2. The van der Waals surface area contributed by atoms with Crippen molar-refractivity contribution in [1.29, 1.82) is 0 Å². The first kappa shape index (κ1) is 22.8. The molecular weight excluding hydrogens is 446 g/mol. The Morgan fingerprint density at radius 2 is 1.91 bits per heavy atom. The summed E-state index contributed by atoms with van der Waals surface area (Å²) in [4.78, 5) is 22.1. The summed E-state index contributed by atoms with van der Waals surface area (Å²) in [7, 11) is 1.64. The van der Waals surface area contributed by atoms with Crippen molar-refractivity contribution in [2.24, 2.45) is 17.3 Å². The summed E-state index contributed by atoms with van der Waals surface area (Å²) in [5.74, 6) is 2.17. The number of aromatic nitrogens is 2. The van der Waals surface area contributed by atoms with Gasteiger partial charge in [-0.1, -0.05) is 5.16 Å². The lowest BCUT2D eigenvalue weighted by Gasteiger charge is -2.55. The molecule has 1 amide bonds. The van der Waals surface area contributed by atoms with Gasteiger partial charge in [0.1, 0.15) is 5.75 Å². The topological polar surface area (TPSA) is 93.0 Å². The number of benzene rings is 1. The van der Waals surface area contributed by atoms with Crippen LogP contribution in [-0.2, 0) is 9.53 Å². The van der Waals surface area contributed by atoms with Gasteiger partial charge in [0.2, 0.25) is 11.7 Å². The van der Waals surface area contributed by atoms with E-state index in [1.54, 1.807) is 7.11 Å². The Kier molecular flexibility index (Phi) is 6.14. The van der Waals surface area contributed by atoms with Gasteiger partial charge in [0.25, 0.3) is 0 Å². The first-order chi connectivity index (χ1) is 17.1. The van der Waals surface area contributed by atoms with Gasteiger partial charge in [-0.05, 0) is 68.8 Å². The highest BCUT2D eigenvalue weighted by atomic mass is 16.5.